The van der Waals surface area contributed by atoms with Crippen LogP contribution in [0, 0.1) is 24.5 Å². The van der Waals surface area contributed by atoms with Crippen LogP contribution in [0.5, 0.6) is 5.75 Å². The van der Waals surface area contributed by atoms with E-state index in [4.69, 9.17) is 4.74 Å². The quantitative estimate of drug-likeness (QED) is 0.610. The first-order chi connectivity index (χ1) is 12.0. The zero-order valence-corrected chi connectivity index (χ0v) is 15.5. The first kappa shape index (κ1) is 21.8. The Bertz CT molecular complexity index is 670. The van der Waals surface area contributed by atoms with Gasteiger partial charge < -0.3 is 10.2 Å². The van der Waals surface area contributed by atoms with Crippen LogP contribution in [0.4, 0.5) is 8.78 Å². The molecule has 1 aliphatic rings. The van der Waals surface area contributed by atoms with Gasteiger partial charge in [-0.05, 0) is 25.0 Å². The summed E-state index contributed by atoms with van der Waals surface area (Å²) in [6.45, 7) is 7.99. The van der Waals surface area contributed by atoms with E-state index < -0.39 is 17.4 Å². The highest BCUT2D eigenvalue weighted by atomic mass is 19.1. The summed E-state index contributed by atoms with van der Waals surface area (Å²) in [5.74, 6) is -0.678. The number of rotatable bonds is 3. The van der Waals surface area contributed by atoms with Crippen molar-refractivity contribution in [1.82, 2.24) is 0 Å². The van der Waals surface area contributed by atoms with Gasteiger partial charge in [-0.1, -0.05) is 81.5 Å². The van der Waals surface area contributed by atoms with Crippen LogP contribution >= 0.6 is 0 Å². The molecule has 0 heterocycles. The molecular formula is C22H28F2O2. The van der Waals surface area contributed by atoms with Crippen LogP contribution in [0.2, 0.25) is 0 Å². The lowest BCUT2D eigenvalue weighted by Gasteiger charge is -2.15. The fraction of sp³-hybridized carbons (Fsp3) is 0.364. The molecule has 4 heteroatoms. The molecule has 1 aliphatic carbocycles. The summed E-state index contributed by atoms with van der Waals surface area (Å²) in [7, 11) is 0. The van der Waals surface area contributed by atoms with Gasteiger partial charge in [0.05, 0.1) is 0 Å². The third-order valence-corrected chi connectivity index (χ3v) is 4.41. The Morgan fingerprint density at radius 3 is 1.96 bits per heavy atom. The van der Waals surface area contributed by atoms with Crippen molar-refractivity contribution in [3.63, 3.8) is 0 Å². The summed E-state index contributed by atoms with van der Waals surface area (Å²) >= 11 is 0. The van der Waals surface area contributed by atoms with E-state index in [1.807, 2.05) is 19.1 Å². The third-order valence-electron chi connectivity index (χ3n) is 4.41. The molecule has 2 aromatic rings. The molecule has 1 saturated carbocycles. The van der Waals surface area contributed by atoms with E-state index in [0.717, 1.165) is 23.6 Å². The molecule has 2 aromatic carbocycles. The van der Waals surface area contributed by atoms with Gasteiger partial charge in [-0.25, -0.2) is 8.78 Å². The third kappa shape index (κ3) is 6.60. The van der Waals surface area contributed by atoms with Crippen molar-refractivity contribution < 1.29 is 19.0 Å². The largest absolute Gasteiger partial charge is 0.451 e. The lowest BCUT2D eigenvalue weighted by molar-refractivity contribution is 0.385. The molecule has 1 fully saturated rings. The Kier molecular flexibility index (Phi) is 9.00. The Balaban J connectivity index is 0.000000357. The van der Waals surface area contributed by atoms with Crippen molar-refractivity contribution in [2.75, 3.05) is 0 Å². The maximum Gasteiger partial charge on any atom is 0.198 e. The van der Waals surface area contributed by atoms with Gasteiger partial charge in [0, 0.05) is 5.56 Å². The second-order valence-electron chi connectivity index (χ2n) is 6.69. The van der Waals surface area contributed by atoms with E-state index in [-0.39, 0.29) is 11.2 Å². The molecule has 0 amide bonds. The highest BCUT2D eigenvalue weighted by Gasteiger charge is 2.12. The number of para-hydroxylation sites is 1. The fourth-order valence-corrected chi connectivity index (χ4v) is 2.81. The van der Waals surface area contributed by atoms with Crippen molar-refractivity contribution >= 4 is 5.76 Å². The predicted octanol–water partition coefficient (Wildman–Crippen LogP) is 6.08. The molecule has 0 aromatic heterocycles. The average Bonchev–Trinajstić information content (AvgIpc) is 2.60. The molecule has 26 heavy (non-hydrogen) atoms. The van der Waals surface area contributed by atoms with Crippen LogP contribution < -0.4 is 4.74 Å². The normalized spacial score (nSPS) is 13.8. The first-order valence-electron chi connectivity index (χ1n) is 8.85. The number of aryl methyl sites for hydroxylation is 1. The smallest absolute Gasteiger partial charge is 0.198 e. The molecule has 0 spiro atoms. The van der Waals surface area contributed by atoms with Gasteiger partial charge in [-0.15, -0.1) is 0 Å². The zero-order chi connectivity index (χ0) is 18.2. The molecule has 142 valence electrons. The van der Waals surface area contributed by atoms with Crippen LogP contribution in [-0.4, -0.2) is 5.48 Å². The minimum atomic E-state index is -0.747. The summed E-state index contributed by atoms with van der Waals surface area (Å²) < 4.78 is 31.9. The van der Waals surface area contributed by atoms with E-state index in [9.17, 15) is 8.78 Å². The van der Waals surface area contributed by atoms with Crippen LogP contribution in [0.15, 0.2) is 49.0 Å². The molecule has 0 unspecified atom stereocenters. The van der Waals surface area contributed by atoms with Crippen LogP contribution in [-0.2, 0) is 0 Å². The number of halogens is 2. The van der Waals surface area contributed by atoms with E-state index >= 15 is 0 Å². The molecular weight excluding hydrogens is 334 g/mol. The number of hydrogen-bond acceptors (Lipinski definition) is 1. The number of hydrogen-bond donors (Lipinski definition) is 0. The maximum atomic E-state index is 13.4. The van der Waals surface area contributed by atoms with Crippen LogP contribution in [0.1, 0.15) is 50.2 Å². The molecule has 0 atom stereocenters. The second-order valence-corrected chi connectivity index (χ2v) is 6.69. The lowest BCUT2D eigenvalue weighted by Crippen LogP contribution is -1.99. The maximum absolute atomic E-state index is 13.4. The van der Waals surface area contributed by atoms with E-state index in [1.165, 1.54) is 38.2 Å². The van der Waals surface area contributed by atoms with Crippen molar-refractivity contribution in [2.45, 2.75) is 46.0 Å². The van der Waals surface area contributed by atoms with Crippen molar-refractivity contribution in [1.29, 1.82) is 0 Å². The second kappa shape index (κ2) is 10.7. The van der Waals surface area contributed by atoms with Gasteiger partial charge >= 0.3 is 0 Å². The molecule has 0 radical (unpaired) electrons. The zero-order valence-electron chi connectivity index (χ0n) is 15.5. The predicted molar refractivity (Wildman–Crippen MR) is 103 cm³/mol. The Morgan fingerprint density at radius 2 is 1.50 bits per heavy atom. The van der Waals surface area contributed by atoms with Crippen LogP contribution in [0.25, 0.3) is 5.76 Å². The Labute approximate surface area is 154 Å². The van der Waals surface area contributed by atoms with Gasteiger partial charge in [0.1, 0.15) is 5.76 Å². The van der Waals surface area contributed by atoms with Gasteiger partial charge in [-0.3, -0.25) is 0 Å². The van der Waals surface area contributed by atoms with Gasteiger partial charge in [0.25, 0.3) is 0 Å². The molecule has 2 nitrogen and oxygen atoms in total. The monoisotopic (exact) mass is 362 g/mol. The summed E-state index contributed by atoms with van der Waals surface area (Å²) in [5.41, 5.74) is 1.77. The standard InChI is InChI=1S/C15H12F2O.C7H14.H2O/c1-10-6-8-12(9-7-10)11(2)18-15-13(16)4-3-5-14(15)17;1-7-5-3-2-4-6-7;/h3-9H,2H2,1H3;7H,2-6H2,1H3;1H2. The summed E-state index contributed by atoms with van der Waals surface area (Å²) in [6, 6.07) is 10.9. The van der Waals surface area contributed by atoms with Gasteiger partial charge in [-0.2, -0.15) is 0 Å². The molecule has 3 rings (SSSR count). The Morgan fingerprint density at radius 1 is 0.962 bits per heavy atom. The molecule has 2 N–H and O–H groups in total. The SMILES string of the molecule is C=C(Oc1c(F)cccc1F)c1ccc(C)cc1.CC1CCCCC1.O. The number of benzene rings is 2. The Hall–Kier alpha value is -2.20. The fourth-order valence-electron chi connectivity index (χ4n) is 2.81. The van der Waals surface area contributed by atoms with Crippen molar-refractivity contribution in [3.05, 3.63) is 71.8 Å². The molecule has 0 aliphatic heterocycles. The molecule has 0 saturated heterocycles. The highest BCUT2D eigenvalue weighted by molar-refractivity contribution is 5.60. The van der Waals surface area contributed by atoms with Crippen LogP contribution in [0.3, 0.4) is 0 Å². The lowest BCUT2D eigenvalue weighted by atomic mass is 9.91. The minimum absolute atomic E-state index is 0. The van der Waals surface area contributed by atoms with Crippen molar-refractivity contribution in [3.8, 4) is 5.75 Å². The van der Waals surface area contributed by atoms with Gasteiger partial charge in [0.2, 0.25) is 0 Å². The summed E-state index contributed by atoms with van der Waals surface area (Å²) in [6.07, 6.45) is 7.44. The minimum Gasteiger partial charge on any atom is -0.451 e. The van der Waals surface area contributed by atoms with Gasteiger partial charge in [0.15, 0.2) is 17.4 Å². The van der Waals surface area contributed by atoms with E-state index in [2.05, 4.69) is 13.5 Å². The van der Waals surface area contributed by atoms with E-state index in [0.29, 0.717) is 5.56 Å². The number of ether oxygens (including phenoxy) is 1. The van der Waals surface area contributed by atoms with E-state index in [1.54, 1.807) is 12.1 Å². The van der Waals surface area contributed by atoms with Crippen molar-refractivity contribution in [2.24, 2.45) is 5.92 Å². The first-order valence-corrected chi connectivity index (χ1v) is 8.85. The highest BCUT2D eigenvalue weighted by Crippen LogP contribution is 2.26. The topological polar surface area (TPSA) is 40.7 Å². The summed E-state index contributed by atoms with van der Waals surface area (Å²) in [4.78, 5) is 0. The molecule has 0 bridgehead atoms. The average molecular weight is 362 g/mol. The summed E-state index contributed by atoms with van der Waals surface area (Å²) in [5, 5.41) is 0.